The van der Waals surface area contributed by atoms with Gasteiger partial charge in [-0.05, 0) is 23.8 Å². The fourth-order valence-electron chi connectivity index (χ4n) is 1.43. The molecule has 1 aromatic carbocycles. The maximum atomic E-state index is 11.2. The van der Waals surface area contributed by atoms with Gasteiger partial charge in [-0.15, -0.1) is 0 Å². The third-order valence-electron chi connectivity index (χ3n) is 2.34. The van der Waals surface area contributed by atoms with Crippen LogP contribution in [-0.2, 0) is 4.74 Å². The Morgan fingerprint density at radius 1 is 1.12 bits per heavy atom. The van der Waals surface area contributed by atoms with E-state index in [9.17, 15) is 4.79 Å². The minimum Gasteiger partial charge on any atom is -0.464 e. The number of carbonyl (C=O) groups is 1. The van der Waals surface area contributed by atoms with Crippen LogP contribution in [0, 0.1) is 0 Å². The molecule has 0 saturated heterocycles. The molecule has 0 atom stereocenters. The van der Waals surface area contributed by atoms with Crippen LogP contribution >= 0.6 is 15.9 Å². The van der Waals surface area contributed by atoms with Gasteiger partial charge >= 0.3 is 5.97 Å². The van der Waals surface area contributed by atoms with E-state index in [-0.39, 0.29) is 0 Å². The Morgan fingerprint density at radius 2 is 1.76 bits per heavy atom. The molecule has 2 rings (SSSR count). The number of methoxy groups -OCH3 is 1. The van der Waals surface area contributed by atoms with Gasteiger partial charge in [-0.25, -0.2) is 9.78 Å². The van der Waals surface area contributed by atoms with Gasteiger partial charge in [0.05, 0.1) is 7.11 Å². The van der Waals surface area contributed by atoms with Gasteiger partial charge in [0.15, 0.2) is 0 Å². The van der Waals surface area contributed by atoms with Crippen LogP contribution in [0.4, 0.5) is 0 Å². The van der Waals surface area contributed by atoms with E-state index in [4.69, 9.17) is 0 Å². The molecular formula is C13H10BrNO2. The Hall–Kier alpha value is -1.68. The highest BCUT2D eigenvalue weighted by Gasteiger charge is 2.06. The minimum atomic E-state index is -0.424. The number of pyridine rings is 1. The molecule has 3 nitrogen and oxygen atoms in total. The van der Waals surface area contributed by atoms with E-state index in [1.54, 1.807) is 12.3 Å². The highest BCUT2D eigenvalue weighted by atomic mass is 79.9. The summed E-state index contributed by atoms with van der Waals surface area (Å²) in [5, 5.41) is 0. The van der Waals surface area contributed by atoms with Crippen LogP contribution in [0.2, 0.25) is 0 Å². The van der Waals surface area contributed by atoms with Gasteiger partial charge in [0.2, 0.25) is 0 Å². The Bertz CT molecular complexity index is 520. The summed E-state index contributed by atoms with van der Waals surface area (Å²) in [4.78, 5) is 15.3. The zero-order valence-electron chi connectivity index (χ0n) is 9.18. The van der Waals surface area contributed by atoms with E-state index < -0.39 is 5.97 Å². The molecular weight excluding hydrogens is 282 g/mol. The summed E-state index contributed by atoms with van der Waals surface area (Å²) in [5.74, 6) is -0.424. The van der Waals surface area contributed by atoms with Crippen molar-refractivity contribution in [1.82, 2.24) is 4.98 Å². The number of nitrogens with zero attached hydrogens (tertiary/aromatic N) is 1. The van der Waals surface area contributed by atoms with E-state index in [0.29, 0.717) is 5.69 Å². The summed E-state index contributed by atoms with van der Waals surface area (Å²) >= 11 is 3.38. The van der Waals surface area contributed by atoms with Crippen molar-refractivity contribution in [3.05, 3.63) is 52.8 Å². The molecule has 0 aliphatic heterocycles. The standard InChI is InChI=1S/C13H10BrNO2/c1-17-13(16)12-7-4-10(8-15-12)9-2-5-11(14)6-3-9/h2-8H,1H3. The lowest BCUT2D eigenvalue weighted by Crippen LogP contribution is -2.03. The summed E-state index contributed by atoms with van der Waals surface area (Å²) in [7, 11) is 1.34. The van der Waals surface area contributed by atoms with Gasteiger partial charge in [0.25, 0.3) is 0 Å². The monoisotopic (exact) mass is 291 g/mol. The first-order valence-corrected chi connectivity index (χ1v) is 5.80. The minimum absolute atomic E-state index is 0.313. The second-order valence-electron chi connectivity index (χ2n) is 3.43. The lowest BCUT2D eigenvalue weighted by atomic mass is 10.1. The molecule has 0 spiro atoms. The van der Waals surface area contributed by atoms with Crippen LogP contribution in [0.1, 0.15) is 10.5 Å². The largest absolute Gasteiger partial charge is 0.464 e. The number of aromatic nitrogens is 1. The first kappa shape index (κ1) is 11.8. The van der Waals surface area contributed by atoms with Gasteiger partial charge in [-0.2, -0.15) is 0 Å². The average Bonchev–Trinajstić information content (AvgIpc) is 2.39. The Balaban J connectivity index is 2.29. The van der Waals surface area contributed by atoms with Crippen molar-refractivity contribution in [3.63, 3.8) is 0 Å². The molecule has 0 aliphatic carbocycles. The summed E-state index contributed by atoms with van der Waals surface area (Å²) < 4.78 is 5.62. The third kappa shape index (κ3) is 2.71. The molecule has 0 unspecified atom stereocenters. The molecule has 4 heteroatoms. The summed E-state index contributed by atoms with van der Waals surface area (Å²) in [6, 6.07) is 11.4. The fraction of sp³-hybridized carbons (Fsp3) is 0.0769. The summed E-state index contributed by atoms with van der Waals surface area (Å²) in [5.41, 5.74) is 2.33. The van der Waals surface area contributed by atoms with Crippen molar-refractivity contribution >= 4 is 21.9 Å². The molecule has 0 saturated carbocycles. The van der Waals surface area contributed by atoms with Crippen molar-refractivity contribution < 1.29 is 9.53 Å². The first-order valence-electron chi connectivity index (χ1n) is 5.01. The molecule has 0 radical (unpaired) electrons. The molecule has 0 fully saturated rings. The van der Waals surface area contributed by atoms with Crippen LogP contribution in [0.3, 0.4) is 0 Å². The first-order chi connectivity index (χ1) is 8.20. The molecule has 0 N–H and O–H groups in total. The van der Waals surface area contributed by atoms with Crippen molar-refractivity contribution in [3.8, 4) is 11.1 Å². The van der Waals surface area contributed by atoms with Crippen LogP contribution in [0.5, 0.6) is 0 Å². The highest BCUT2D eigenvalue weighted by molar-refractivity contribution is 9.10. The van der Waals surface area contributed by atoms with Crippen LogP contribution in [0.25, 0.3) is 11.1 Å². The summed E-state index contributed by atoms with van der Waals surface area (Å²) in [6.07, 6.45) is 1.66. The number of benzene rings is 1. The molecule has 2 aromatic rings. The van der Waals surface area contributed by atoms with Crippen LogP contribution in [0.15, 0.2) is 47.1 Å². The number of hydrogen-bond acceptors (Lipinski definition) is 3. The average molecular weight is 292 g/mol. The van der Waals surface area contributed by atoms with E-state index >= 15 is 0 Å². The number of halogens is 1. The van der Waals surface area contributed by atoms with Crippen LogP contribution in [-0.4, -0.2) is 18.1 Å². The Morgan fingerprint density at radius 3 is 2.29 bits per heavy atom. The number of esters is 1. The van der Waals surface area contributed by atoms with Crippen molar-refractivity contribution in [1.29, 1.82) is 0 Å². The Labute approximate surface area is 108 Å². The zero-order chi connectivity index (χ0) is 12.3. The fourth-order valence-corrected chi connectivity index (χ4v) is 1.70. The quantitative estimate of drug-likeness (QED) is 0.797. The topological polar surface area (TPSA) is 39.2 Å². The second kappa shape index (κ2) is 5.10. The summed E-state index contributed by atoms with van der Waals surface area (Å²) in [6.45, 7) is 0. The molecule has 17 heavy (non-hydrogen) atoms. The molecule has 1 aromatic heterocycles. The van der Waals surface area contributed by atoms with E-state index in [1.165, 1.54) is 7.11 Å². The molecule has 0 amide bonds. The molecule has 86 valence electrons. The Kier molecular flexibility index (Phi) is 3.54. The van der Waals surface area contributed by atoms with Gasteiger partial charge in [0.1, 0.15) is 5.69 Å². The predicted octanol–water partition coefficient (Wildman–Crippen LogP) is 3.30. The SMILES string of the molecule is COC(=O)c1ccc(-c2ccc(Br)cc2)cn1. The van der Waals surface area contributed by atoms with Crippen molar-refractivity contribution in [2.45, 2.75) is 0 Å². The third-order valence-corrected chi connectivity index (χ3v) is 2.86. The van der Waals surface area contributed by atoms with Gasteiger partial charge < -0.3 is 4.74 Å². The lowest BCUT2D eigenvalue weighted by Gasteiger charge is -2.02. The van der Waals surface area contributed by atoms with Crippen LogP contribution < -0.4 is 0 Å². The van der Waals surface area contributed by atoms with E-state index in [0.717, 1.165) is 15.6 Å². The maximum Gasteiger partial charge on any atom is 0.356 e. The number of ether oxygens (including phenoxy) is 1. The molecule has 1 heterocycles. The van der Waals surface area contributed by atoms with E-state index in [2.05, 4.69) is 25.7 Å². The van der Waals surface area contributed by atoms with Crippen molar-refractivity contribution in [2.75, 3.05) is 7.11 Å². The molecule has 0 aliphatic rings. The smallest absolute Gasteiger partial charge is 0.356 e. The molecule has 0 bridgehead atoms. The highest BCUT2D eigenvalue weighted by Crippen LogP contribution is 2.21. The number of rotatable bonds is 2. The van der Waals surface area contributed by atoms with Gasteiger partial charge in [-0.3, -0.25) is 0 Å². The zero-order valence-corrected chi connectivity index (χ0v) is 10.8. The normalized spacial score (nSPS) is 10.0. The lowest BCUT2D eigenvalue weighted by molar-refractivity contribution is 0.0594. The predicted molar refractivity (Wildman–Crippen MR) is 68.7 cm³/mol. The van der Waals surface area contributed by atoms with Gasteiger partial charge in [0, 0.05) is 16.2 Å². The second-order valence-corrected chi connectivity index (χ2v) is 4.35. The van der Waals surface area contributed by atoms with E-state index in [1.807, 2.05) is 30.3 Å². The van der Waals surface area contributed by atoms with Crippen molar-refractivity contribution in [2.24, 2.45) is 0 Å². The number of hydrogen-bond donors (Lipinski definition) is 0. The number of carbonyl (C=O) groups excluding carboxylic acids is 1. The maximum absolute atomic E-state index is 11.2. The van der Waals surface area contributed by atoms with Gasteiger partial charge in [-0.1, -0.05) is 34.1 Å².